The van der Waals surface area contributed by atoms with Crippen LogP contribution in [0.15, 0.2) is 200 Å². The highest BCUT2D eigenvalue weighted by atomic mass is 16.7. The molecule has 0 atom stereocenters. The Morgan fingerprint density at radius 2 is 0.433 bits per heavy atom. The summed E-state index contributed by atoms with van der Waals surface area (Å²) < 4.78 is 11.5. The Kier molecular flexibility index (Phi) is 13.9. The largest absolute Gasteiger partial charge is 0.346 e. The molecule has 1 aliphatic heterocycles. The molecule has 9 rings (SSSR count). The second-order valence-corrected chi connectivity index (χ2v) is 15.1. The molecule has 0 unspecified atom stereocenters. The maximum Gasteiger partial charge on any atom is 0.185 e. The first kappa shape index (κ1) is 42.9. The van der Waals surface area contributed by atoms with Crippen LogP contribution in [0.25, 0.3) is 0 Å². The van der Waals surface area contributed by atoms with Crippen molar-refractivity contribution in [2.45, 2.75) is 6.29 Å². The highest BCUT2D eigenvalue weighted by Crippen LogP contribution is 2.26. The monoisotopic (exact) mass is 850 g/mol. The van der Waals surface area contributed by atoms with Gasteiger partial charge in [0.05, 0.1) is 13.2 Å². The first-order valence-electron chi connectivity index (χ1n) is 21.8. The third-order valence-electron chi connectivity index (χ3n) is 10.5. The highest BCUT2D eigenvalue weighted by Gasteiger charge is 2.20. The topological polar surface area (TPSA) is 18.5 Å². The van der Waals surface area contributed by atoms with Crippen molar-refractivity contribution in [3.8, 4) is 82.9 Å². The number of rotatable bonds is 1. The van der Waals surface area contributed by atoms with Crippen LogP contribution in [0.5, 0.6) is 0 Å². The lowest BCUT2D eigenvalue weighted by atomic mass is 10.0. The molecule has 1 fully saturated rings. The maximum absolute atomic E-state index is 5.76. The van der Waals surface area contributed by atoms with Gasteiger partial charge < -0.3 is 9.47 Å². The quantitative estimate of drug-likeness (QED) is 0.153. The van der Waals surface area contributed by atoms with Gasteiger partial charge >= 0.3 is 0 Å². The molecule has 8 aromatic carbocycles. The molecule has 67 heavy (non-hydrogen) atoms. The van der Waals surface area contributed by atoms with E-state index in [9.17, 15) is 0 Å². The summed E-state index contributed by atoms with van der Waals surface area (Å²) in [7, 11) is 0. The summed E-state index contributed by atoms with van der Waals surface area (Å²) in [5.74, 6) is 46.9. The third kappa shape index (κ3) is 11.4. The van der Waals surface area contributed by atoms with E-state index in [0.29, 0.717) is 13.2 Å². The Morgan fingerprint density at radius 1 is 0.224 bits per heavy atom. The van der Waals surface area contributed by atoms with Crippen LogP contribution in [-0.2, 0) is 9.47 Å². The predicted molar refractivity (Wildman–Crippen MR) is 268 cm³/mol. The molecule has 0 spiro atoms. The normalized spacial score (nSPS) is 11.0. The van der Waals surface area contributed by atoms with Crippen molar-refractivity contribution in [3.05, 3.63) is 284 Å². The smallest absolute Gasteiger partial charge is 0.185 e. The summed E-state index contributed by atoms with van der Waals surface area (Å²) >= 11 is 0. The number of hydrogen-bond donors (Lipinski definition) is 0. The van der Waals surface area contributed by atoms with Gasteiger partial charge in [-0.25, -0.2) is 0 Å². The van der Waals surface area contributed by atoms with Crippen LogP contribution in [-0.4, -0.2) is 13.2 Å². The third-order valence-corrected chi connectivity index (χ3v) is 10.5. The molecule has 0 amide bonds. The SMILES string of the molecule is C(#Cc1ccccc1C#Cc1ccccc1C#Cc1ccccc1C#Cc1ccccc1C#Cc1ccccc1C#Cc1ccccc1C#Cc1ccccc1C1OCCO1)c1ccccc1. The van der Waals surface area contributed by atoms with E-state index < -0.39 is 6.29 Å². The van der Waals surface area contributed by atoms with Crippen LogP contribution in [0.1, 0.15) is 89.7 Å². The summed E-state index contributed by atoms with van der Waals surface area (Å²) in [6.07, 6.45) is -0.399. The average molecular weight is 851 g/mol. The lowest BCUT2D eigenvalue weighted by Gasteiger charge is -2.10. The van der Waals surface area contributed by atoms with E-state index in [2.05, 4.69) is 82.9 Å². The summed E-state index contributed by atoms with van der Waals surface area (Å²) in [6.45, 7) is 1.14. The molecule has 310 valence electrons. The minimum Gasteiger partial charge on any atom is -0.346 e. The molecule has 1 saturated heterocycles. The van der Waals surface area contributed by atoms with Gasteiger partial charge in [-0.1, -0.05) is 192 Å². The standard InChI is InChI=1S/C65H38O2/c1-2-18-50(19-3-1)34-35-51-20-4-5-21-52(51)36-37-53-22-6-7-23-54(53)38-39-55-24-8-9-25-56(55)40-41-57-26-10-11-27-58(57)42-43-59-28-12-13-29-60(59)44-45-61-30-14-15-31-62(61)46-47-63-32-16-17-33-64(63)65-66-48-49-67-65/h1-33,65H,48-49H2. The van der Waals surface area contributed by atoms with Crippen molar-refractivity contribution in [1.29, 1.82) is 0 Å². The molecule has 0 aliphatic carbocycles. The van der Waals surface area contributed by atoms with Crippen LogP contribution >= 0.6 is 0 Å². The van der Waals surface area contributed by atoms with E-state index in [1.807, 2.05) is 200 Å². The van der Waals surface area contributed by atoms with Crippen molar-refractivity contribution in [2.75, 3.05) is 13.2 Å². The average Bonchev–Trinajstić information content (AvgIpc) is 3.94. The van der Waals surface area contributed by atoms with E-state index in [1.165, 1.54) is 0 Å². The first-order chi connectivity index (χ1) is 33.2. The van der Waals surface area contributed by atoms with Crippen LogP contribution in [0, 0.1) is 82.9 Å². The van der Waals surface area contributed by atoms with Crippen LogP contribution < -0.4 is 0 Å². The fourth-order valence-corrected chi connectivity index (χ4v) is 7.03. The molecule has 8 aromatic rings. The van der Waals surface area contributed by atoms with Crippen LogP contribution in [0.4, 0.5) is 0 Å². The van der Waals surface area contributed by atoms with Gasteiger partial charge in [-0.2, -0.15) is 0 Å². The van der Waals surface area contributed by atoms with Crippen molar-refractivity contribution >= 4 is 0 Å². The zero-order valence-electron chi connectivity index (χ0n) is 36.4. The first-order valence-corrected chi connectivity index (χ1v) is 21.8. The zero-order chi connectivity index (χ0) is 45.3. The van der Waals surface area contributed by atoms with Crippen molar-refractivity contribution in [1.82, 2.24) is 0 Å². The highest BCUT2D eigenvalue weighted by molar-refractivity contribution is 5.63. The summed E-state index contributed by atoms with van der Waals surface area (Å²) in [5.41, 5.74) is 12.7. The predicted octanol–water partition coefficient (Wildman–Crippen LogP) is 11.5. The molecule has 2 heteroatoms. The Bertz CT molecular complexity index is 3580. The van der Waals surface area contributed by atoms with Gasteiger partial charge in [0.2, 0.25) is 0 Å². The number of hydrogen-bond acceptors (Lipinski definition) is 2. The lowest BCUT2D eigenvalue weighted by Crippen LogP contribution is -2.00. The van der Waals surface area contributed by atoms with E-state index in [0.717, 1.165) is 83.5 Å². The van der Waals surface area contributed by atoms with Gasteiger partial charge in [-0.15, -0.1) is 0 Å². The molecular formula is C65H38O2. The molecule has 0 N–H and O–H groups in total. The minimum absolute atomic E-state index is 0.399. The zero-order valence-corrected chi connectivity index (χ0v) is 36.4. The molecular weight excluding hydrogens is 813 g/mol. The molecule has 1 heterocycles. The number of benzene rings is 8. The molecule has 2 nitrogen and oxygen atoms in total. The van der Waals surface area contributed by atoms with E-state index in [4.69, 9.17) is 9.47 Å². The van der Waals surface area contributed by atoms with Crippen molar-refractivity contribution in [2.24, 2.45) is 0 Å². The van der Waals surface area contributed by atoms with Gasteiger partial charge in [0.25, 0.3) is 0 Å². The van der Waals surface area contributed by atoms with Gasteiger partial charge in [0, 0.05) is 83.5 Å². The summed E-state index contributed by atoms with van der Waals surface area (Å²) in [5, 5.41) is 0. The van der Waals surface area contributed by atoms with Crippen molar-refractivity contribution < 1.29 is 9.47 Å². The van der Waals surface area contributed by atoms with Crippen LogP contribution in [0.3, 0.4) is 0 Å². The molecule has 0 bridgehead atoms. The van der Waals surface area contributed by atoms with Gasteiger partial charge in [-0.05, 0) is 91.0 Å². The van der Waals surface area contributed by atoms with Crippen LogP contribution in [0.2, 0.25) is 0 Å². The Hall–Kier alpha value is -9.40. The van der Waals surface area contributed by atoms with E-state index >= 15 is 0 Å². The Labute approximate surface area is 393 Å². The summed E-state index contributed by atoms with van der Waals surface area (Å²) in [4.78, 5) is 0. The fourth-order valence-electron chi connectivity index (χ4n) is 7.03. The van der Waals surface area contributed by atoms with Gasteiger partial charge in [0.1, 0.15) is 0 Å². The number of ether oxygens (including phenoxy) is 2. The maximum atomic E-state index is 5.76. The van der Waals surface area contributed by atoms with Crippen molar-refractivity contribution in [3.63, 3.8) is 0 Å². The lowest BCUT2D eigenvalue weighted by molar-refractivity contribution is -0.0442. The molecule has 0 aromatic heterocycles. The minimum atomic E-state index is -0.399. The second-order valence-electron chi connectivity index (χ2n) is 15.1. The molecule has 1 aliphatic rings. The fraction of sp³-hybridized carbons (Fsp3) is 0.0462. The Balaban J connectivity index is 0.944. The second kappa shape index (κ2) is 21.8. The van der Waals surface area contributed by atoms with Gasteiger partial charge in [-0.3, -0.25) is 0 Å². The summed E-state index contributed by atoms with van der Waals surface area (Å²) in [6, 6.07) is 65.4. The molecule has 0 saturated carbocycles. The van der Waals surface area contributed by atoms with E-state index in [1.54, 1.807) is 0 Å². The van der Waals surface area contributed by atoms with E-state index in [-0.39, 0.29) is 0 Å². The van der Waals surface area contributed by atoms with Gasteiger partial charge in [0.15, 0.2) is 6.29 Å². The Morgan fingerprint density at radius 3 is 0.716 bits per heavy atom. The molecule has 0 radical (unpaired) electrons.